The quantitative estimate of drug-likeness (QED) is 0.720. The topological polar surface area (TPSA) is 19.0 Å². The number of rotatable bonds is 0. The minimum absolute atomic E-state index is 0.633. The zero-order valence-corrected chi connectivity index (χ0v) is 12.4. The van der Waals surface area contributed by atoms with Crippen molar-refractivity contribution in [3.63, 3.8) is 0 Å². The van der Waals surface area contributed by atoms with Crippen LogP contribution in [0.15, 0.2) is 36.4 Å². The fraction of sp³-hybridized carbons (Fsp3) is 0.474. The molecule has 3 heterocycles. The molecule has 108 valence electrons. The van der Waals surface area contributed by atoms with E-state index in [-0.39, 0.29) is 0 Å². The van der Waals surface area contributed by atoms with Crippen molar-refractivity contribution in [2.45, 2.75) is 31.7 Å². The number of piperidine rings is 1. The number of benzene rings is 1. The van der Waals surface area contributed by atoms with E-state index in [0.717, 1.165) is 11.8 Å². The smallest absolute Gasteiger partial charge is 0.0504 e. The SMILES string of the molecule is C1=CC[C@H]2CN3CCc4c([nH]c5ccccc45)[C@H]3C[C@H]2C1. The summed E-state index contributed by atoms with van der Waals surface area (Å²) in [5, 5.41) is 1.46. The standard InChI is InChI=1S/C19H22N2/c1-2-6-14-12-21-10-9-16-15-7-3-4-8-17(15)20-19(16)18(21)11-13(14)5-1/h1-4,7-8,13-14,18,20H,5-6,9-12H2/t13-,14+,18-/m1/s1. The van der Waals surface area contributed by atoms with Gasteiger partial charge in [0.15, 0.2) is 0 Å². The predicted octanol–water partition coefficient (Wildman–Crippen LogP) is 4.05. The number of hydrogen-bond acceptors (Lipinski definition) is 1. The second-order valence-electron chi connectivity index (χ2n) is 7.02. The lowest BCUT2D eigenvalue weighted by atomic mass is 9.73. The Hall–Kier alpha value is -1.54. The van der Waals surface area contributed by atoms with Crippen LogP contribution in [0.1, 0.15) is 36.6 Å². The molecule has 1 aromatic heterocycles. The van der Waals surface area contributed by atoms with E-state index in [0.29, 0.717) is 6.04 Å². The summed E-state index contributed by atoms with van der Waals surface area (Å²) in [6.07, 6.45) is 9.96. The zero-order chi connectivity index (χ0) is 13.8. The number of nitrogens with zero attached hydrogens (tertiary/aromatic N) is 1. The van der Waals surface area contributed by atoms with Crippen LogP contribution in [-0.2, 0) is 6.42 Å². The van der Waals surface area contributed by atoms with Gasteiger partial charge in [0.1, 0.15) is 0 Å². The first-order chi connectivity index (χ1) is 10.4. The predicted molar refractivity (Wildman–Crippen MR) is 86.3 cm³/mol. The summed E-state index contributed by atoms with van der Waals surface area (Å²) < 4.78 is 0. The first-order valence-electron chi connectivity index (χ1n) is 8.38. The van der Waals surface area contributed by atoms with E-state index in [1.807, 2.05) is 0 Å². The van der Waals surface area contributed by atoms with E-state index in [2.05, 4.69) is 46.3 Å². The number of allylic oxidation sites excluding steroid dienone is 2. The third-order valence-electron chi connectivity index (χ3n) is 5.98. The summed E-state index contributed by atoms with van der Waals surface area (Å²) in [7, 11) is 0. The average Bonchev–Trinajstić information content (AvgIpc) is 2.92. The van der Waals surface area contributed by atoms with Gasteiger partial charge in [-0.2, -0.15) is 0 Å². The van der Waals surface area contributed by atoms with Gasteiger partial charge in [-0.1, -0.05) is 30.4 Å². The molecule has 0 radical (unpaired) electrons. The molecule has 2 aliphatic heterocycles. The van der Waals surface area contributed by atoms with Gasteiger partial charge < -0.3 is 4.98 Å². The Kier molecular flexibility index (Phi) is 2.57. The molecule has 1 aliphatic carbocycles. The molecular weight excluding hydrogens is 256 g/mol. The largest absolute Gasteiger partial charge is 0.357 e. The van der Waals surface area contributed by atoms with Gasteiger partial charge in [0.25, 0.3) is 0 Å². The molecule has 21 heavy (non-hydrogen) atoms. The number of nitrogens with one attached hydrogen (secondary N) is 1. The minimum Gasteiger partial charge on any atom is -0.357 e. The molecule has 0 amide bonds. The van der Waals surface area contributed by atoms with Crippen LogP contribution in [0, 0.1) is 11.8 Å². The Morgan fingerprint density at radius 3 is 2.86 bits per heavy atom. The zero-order valence-electron chi connectivity index (χ0n) is 12.4. The second kappa shape index (κ2) is 4.48. The Bertz CT molecular complexity index is 711. The van der Waals surface area contributed by atoms with Crippen LogP contribution in [0.3, 0.4) is 0 Å². The van der Waals surface area contributed by atoms with Crippen LogP contribution < -0.4 is 0 Å². The van der Waals surface area contributed by atoms with Crippen molar-refractivity contribution in [2.24, 2.45) is 11.8 Å². The Balaban J connectivity index is 1.58. The van der Waals surface area contributed by atoms with Gasteiger partial charge in [-0.3, -0.25) is 4.90 Å². The van der Waals surface area contributed by atoms with Crippen molar-refractivity contribution in [2.75, 3.05) is 13.1 Å². The van der Waals surface area contributed by atoms with Crippen LogP contribution in [-0.4, -0.2) is 23.0 Å². The number of fused-ring (bicyclic) bond motifs is 6. The highest BCUT2D eigenvalue weighted by Gasteiger charge is 2.39. The molecule has 3 atom stereocenters. The van der Waals surface area contributed by atoms with Crippen LogP contribution in [0.4, 0.5) is 0 Å². The van der Waals surface area contributed by atoms with E-state index < -0.39 is 0 Å². The van der Waals surface area contributed by atoms with Crippen LogP contribution in [0.5, 0.6) is 0 Å². The van der Waals surface area contributed by atoms with Crippen molar-refractivity contribution in [3.8, 4) is 0 Å². The fourth-order valence-corrected chi connectivity index (χ4v) is 4.88. The van der Waals surface area contributed by atoms with Crippen molar-refractivity contribution in [3.05, 3.63) is 47.7 Å². The van der Waals surface area contributed by atoms with Gasteiger partial charge in [-0.15, -0.1) is 0 Å². The molecule has 1 aromatic carbocycles. The molecule has 2 heteroatoms. The third-order valence-corrected chi connectivity index (χ3v) is 5.98. The maximum Gasteiger partial charge on any atom is 0.0504 e. The normalized spacial score (nSPS) is 31.7. The number of hydrogen-bond donors (Lipinski definition) is 1. The lowest BCUT2D eigenvalue weighted by Gasteiger charge is -2.47. The van der Waals surface area contributed by atoms with Crippen molar-refractivity contribution in [1.29, 1.82) is 0 Å². The molecule has 0 bridgehead atoms. The average molecular weight is 278 g/mol. The van der Waals surface area contributed by atoms with E-state index >= 15 is 0 Å². The van der Waals surface area contributed by atoms with Crippen molar-refractivity contribution < 1.29 is 0 Å². The number of H-pyrrole nitrogens is 1. The molecule has 2 nitrogen and oxygen atoms in total. The van der Waals surface area contributed by atoms with Crippen LogP contribution in [0.2, 0.25) is 0 Å². The van der Waals surface area contributed by atoms with Crippen LogP contribution in [0.25, 0.3) is 10.9 Å². The number of aromatic amines is 1. The second-order valence-corrected chi connectivity index (χ2v) is 7.02. The van der Waals surface area contributed by atoms with E-state index in [4.69, 9.17) is 0 Å². The van der Waals surface area contributed by atoms with Gasteiger partial charge in [-0.25, -0.2) is 0 Å². The number of aromatic nitrogens is 1. The molecule has 2 aromatic rings. The van der Waals surface area contributed by atoms with Gasteiger partial charge in [0, 0.05) is 29.7 Å². The molecule has 0 spiro atoms. The third kappa shape index (κ3) is 1.75. The van der Waals surface area contributed by atoms with Crippen molar-refractivity contribution in [1.82, 2.24) is 9.88 Å². The van der Waals surface area contributed by atoms with Gasteiger partial charge >= 0.3 is 0 Å². The molecular formula is C19H22N2. The molecule has 1 saturated heterocycles. The van der Waals surface area contributed by atoms with Crippen LogP contribution >= 0.6 is 0 Å². The summed E-state index contributed by atoms with van der Waals surface area (Å²) in [5.41, 5.74) is 4.45. The summed E-state index contributed by atoms with van der Waals surface area (Å²) >= 11 is 0. The maximum absolute atomic E-state index is 3.75. The monoisotopic (exact) mass is 278 g/mol. The van der Waals surface area contributed by atoms with Gasteiger partial charge in [0.2, 0.25) is 0 Å². The minimum atomic E-state index is 0.633. The van der Waals surface area contributed by atoms with E-state index in [1.54, 1.807) is 5.56 Å². The Morgan fingerprint density at radius 2 is 1.90 bits per heavy atom. The van der Waals surface area contributed by atoms with Gasteiger partial charge in [0.05, 0.1) is 6.04 Å². The lowest BCUT2D eigenvalue weighted by molar-refractivity contribution is 0.0513. The summed E-state index contributed by atoms with van der Waals surface area (Å²) in [4.78, 5) is 6.50. The lowest BCUT2D eigenvalue weighted by Crippen LogP contribution is -2.46. The number of para-hydroxylation sites is 1. The molecule has 1 N–H and O–H groups in total. The highest BCUT2D eigenvalue weighted by molar-refractivity contribution is 5.85. The first-order valence-corrected chi connectivity index (χ1v) is 8.38. The van der Waals surface area contributed by atoms with Crippen molar-refractivity contribution >= 4 is 10.9 Å². The molecule has 0 saturated carbocycles. The molecule has 1 fully saturated rings. The summed E-state index contributed by atoms with van der Waals surface area (Å²) in [6.45, 7) is 2.54. The Labute approximate surface area is 125 Å². The van der Waals surface area contributed by atoms with E-state index in [1.165, 1.54) is 55.4 Å². The van der Waals surface area contributed by atoms with Gasteiger partial charge in [-0.05, 0) is 49.1 Å². The summed E-state index contributed by atoms with van der Waals surface area (Å²) in [5.74, 6) is 1.80. The maximum atomic E-state index is 3.75. The molecule has 0 unspecified atom stereocenters. The highest BCUT2D eigenvalue weighted by Crippen LogP contribution is 2.45. The van der Waals surface area contributed by atoms with E-state index in [9.17, 15) is 0 Å². The Morgan fingerprint density at radius 1 is 1.05 bits per heavy atom. The molecule has 3 aliphatic rings. The summed E-state index contributed by atoms with van der Waals surface area (Å²) in [6, 6.07) is 9.47. The highest BCUT2D eigenvalue weighted by atomic mass is 15.2. The fourth-order valence-electron chi connectivity index (χ4n) is 4.88. The molecule has 5 rings (SSSR count). The first kappa shape index (κ1) is 12.0.